The van der Waals surface area contributed by atoms with Crippen molar-refractivity contribution in [2.45, 2.75) is 141 Å². The summed E-state index contributed by atoms with van der Waals surface area (Å²) in [6.45, 7) is 20.1. The summed E-state index contributed by atoms with van der Waals surface area (Å²) < 4.78 is 24.9. The number of hydrogen-bond donors (Lipinski definition) is 0. The van der Waals surface area contributed by atoms with Crippen LogP contribution in [0.5, 0.6) is 0 Å². The van der Waals surface area contributed by atoms with Crippen LogP contribution in [0.25, 0.3) is 0 Å². The maximum absolute atomic E-state index is 6.48. The fraction of sp³-hybridized carbons (Fsp3) is 0.926. The van der Waals surface area contributed by atoms with E-state index in [2.05, 4.69) is 60.7 Å². The van der Waals surface area contributed by atoms with Crippen LogP contribution in [0.1, 0.15) is 92.9 Å². The van der Waals surface area contributed by atoms with E-state index in [1.54, 1.807) is 13.3 Å². The Kier molecular flexibility index (Phi) is 14.7. The van der Waals surface area contributed by atoms with E-state index in [0.29, 0.717) is 6.61 Å². The maximum atomic E-state index is 6.48. The molecule has 1 aliphatic heterocycles. The zero-order valence-electron chi connectivity index (χ0n) is 22.9. The van der Waals surface area contributed by atoms with Gasteiger partial charge in [0.15, 0.2) is 0 Å². The Morgan fingerprint density at radius 2 is 1.53 bits per heavy atom. The molecule has 0 aromatic carbocycles. The molecular weight excluding hydrogens is 519 g/mol. The molecule has 0 aromatic rings. The average molecular weight is 576 g/mol. The first kappa shape index (κ1) is 30.5. The normalized spacial score (nSPS) is 20.8. The first-order valence-electron chi connectivity index (χ1n) is 13.7. The molecule has 0 spiro atoms. The molecule has 0 bridgehead atoms. The third-order valence-corrected chi connectivity index (χ3v) is 27.6. The molecule has 0 aromatic heterocycles. The van der Waals surface area contributed by atoms with Gasteiger partial charge in [0, 0.05) is 0 Å². The molecule has 190 valence electrons. The van der Waals surface area contributed by atoms with Crippen LogP contribution in [0.4, 0.5) is 0 Å². The number of unbranched alkanes of at least 4 members (excludes halogenated alkanes) is 3. The second-order valence-corrected chi connectivity index (χ2v) is 30.5. The van der Waals surface area contributed by atoms with Crippen LogP contribution < -0.4 is 0 Å². The first-order chi connectivity index (χ1) is 15.1. The number of hydrogen-bond acceptors (Lipinski definition) is 3. The van der Waals surface area contributed by atoms with Crippen molar-refractivity contribution in [3.63, 3.8) is 0 Å². The standard InChI is InChI=1S/C15H29O3Si.3C4H9.Sn/c1-7-10-16-13-9-8-11-17-14(13)12-18-19(5,6)15(2,3)4;3*1-3-4-2;/h7,10,13-14H,1,8-9,11-12H2,2-6H3;3*1,3-4H2,2H3;/b10-7-;;;;/t13-,14+;;;;/m0..../s1. The molecule has 1 aliphatic rings. The summed E-state index contributed by atoms with van der Waals surface area (Å²) >= 11 is -2.11. The van der Waals surface area contributed by atoms with Gasteiger partial charge >= 0.3 is 207 Å². The molecular formula is C27H56O3SiSn. The SMILES string of the molecule is CCC[CH2][Sn]([CH2]/C=C\O[C@H]1CCCO[C@@H]1CO[Si](C)(C)C(C)(C)C)([CH2]CCC)[CH2]CCC. The van der Waals surface area contributed by atoms with Gasteiger partial charge in [-0.3, -0.25) is 0 Å². The zero-order chi connectivity index (χ0) is 24.1. The Bertz CT molecular complexity index is 494. The molecule has 0 amide bonds. The van der Waals surface area contributed by atoms with Crippen LogP contribution >= 0.6 is 0 Å². The van der Waals surface area contributed by atoms with Gasteiger partial charge in [0.2, 0.25) is 0 Å². The molecule has 2 atom stereocenters. The molecule has 0 saturated carbocycles. The monoisotopic (exact) mass is 576 g/mol. The van der Waals surface area contributed by atoms with Crippen molar-refractivity contribution in [2.75, 3.05) is 13.2 Å². The van der Waals surface area contributed by atoms with E-state index < -0.39 is 26.7 Å². The zero-order valence-corrected chi connectivity index (χ0v) is 26.8. The quantitative estimate of drug-likeness (QED) is 0.136. The summed E-state index contributed by atoms with van der Waals surface area (Å²) in [6, 6.07) is 0. The van der Waals surface area contributed by atoms with Crippen molar-refractivity contribution in [3.05, 3.63) is 12.3 Å². The Balaban J connectivity index is 2.71. The summed E-state index contributed by atoms with van der Waals surface area (Å²) in [7, 11) is -1.77. The van der Waals surface area contributed by atoms with Crippen molar-refractivity contribution in [1.82, 2.24) is 0 Å². The molecule has 32 heavy (non-hydrogen) atoms. The van der Waals surface area contributed by atoms with E-state index >= 15 is 0 Å². The molecule has 5 heteroatoms. The number of allylic oxidation sites excluding steroid dienone is 1. The van der Waals surface area contributed by atoms with Gasteiger partial charge in [0.1, 0.15) is 0 Å². The van der Waals surface area contributed by atoms with Crippen molar-refractivity contribution in [3.8, 4) is 0 Å². The van der Waals surface area contributed by atoms with Gasteiger partial charge < -0.3 is 0 Å². The van der Waals surface area contributed by atoms with E-state index in [-0.39, 0.29) is 17.2 Å². The van der Waals surface area contributed by atoms with E-state index in [0.717, 1.165) is 19.4 Å². The fourth-order valence-electron chi connectivity index (χ4n) is 4.42. The molecule has 1 saturated heterocycles. The predicted molar refractivity (Wildman–Crippen MR) is 146 cm³/mol. The summed E-state index contributed by atoms with van der Waals surface area (Å²) in [5, 5.41) is 0.226. The Labute approximate surface area is 206 Å². The first-order valence-corrected chi connectivity index (χ1v) is 24.6. The van der Waals surface area contributed by atoms with Gasteiger partial charge in [0.25, 0.3) is 0 Å². The van der Waals surface area contributed by atoms with Crippen molar-refractivity contribution < 1.29 is 13.9 Å². The van der Waals surface area contributed by atoms with Crippen LogP contribution in [0.3, 0.4) is 0 Å². The number of rotatable bonds is 16. The fourth-order valence-corrected chi connectivity index (χ4v) is 20.5. The summed E-state index contributed by atoms with van der Waals surface area (Å²) in [5.41, 5.74) is 0. The Morgan fingerprint density at radius 1 is 0.969 bits per heavy atom. The van der Waals surface area contributed by atoms with Gasteiger partial charge in [-0.1, -0.05) is 0 Å². The summed E-state index contributed by atoms with van der Waals surface area (Å²) in [5.74, 6) is 0. The molecule has 0 unspecified atom stereocenters. The third-order valence-electron chi connectivity index (χ3n) is 7.88. The third kappa shape index (κ3) is 10.8. The van der Waals surface area contributed by atoms with Crippen LogP contribution in [0, 0.1) is 0 Å². The van der Waals surface area contributed by atoms with Crippen molar-refractivity contribution in [1.29, 1.82) is 0 Å². The molecule has 1 rings (SSSR count). The second-order valence-electron chi connectivity index (χ2n) is 11.7. The van der Waals surface area contributed by atoms with Crippen molar-refractivity contribution in [2.24, 2.45) is 0 Å². The Hall–Kier alpha value is 0.476. The van der Waals surface area contributed by atoms with Crippen LogP contribution in [0.2, 0.25) is 35.9 Å². The van der Waals surface area contributed by atoms with Crippen LogP contribution in [-0.2, 0) is 13.9 Å². The predicted octanol–water partition coefficient (Wildman–Crippen LogP) is 8.94. The van der Waals surface area contributed by atoms with Gasteiger partial charge in [-0.2, -0.15) is 0 Å². The minimum atomic E-state index is -2.11. The van der Waals surface area contributed by atoms with E-state index in [4.69, 9.17) is 13.9 Å². The summed E-state index contributed by atoms with van der Waals surface area (Å²) in [4.78, 5) is 0. The van der Waals surface area contributed by atoms with E-state index in [9.17, 15) is 0 Å². The molecule has 1 fully saturated rings. The molecule has 0 aliphatic carbocycles. The molecule has 3 nitrogen and oxygen atoms in total. The van der Waals surface area contributed by atoms with Crippen LogP contribution in [0.15, 0.2) is 12.3 Å². The van der Waals surface area contributed by atoms with Gasteiger partial charge in [-0.15, -0.1) is 0 Å². The van der Waals surface area contributed by atoms with Gasteiger partial charge in [-0.25, -0.2) is 0 Å². The molecule has 0 radical (unpaired) electrons. The topological polar surface area (TPSA) is 27.7 Å². The van der Waals surface area contributed by atoms with Gasteiger partial charge in [0.05, 0.1) is 0 Å². The average Bonchev–Trinajstić information content (AvgIpc) is 2.75. The van der Waals surface area contributed by atoms with Crippen molar-refractivity contribution >= 4 is 26.7 Å². The minimum absolute atomic E-state index is 0.0658. The second kappa shape index (κ2) is 15.5. The van der Waals surface area contributed by atoms with E-state index in [1.165, 1.54) is 43.0 Å². The molecule has 0 N–H and O–H groups in total. The van der Waals surface area contributed by atoms with E-state index in [1.807, 2.05) is 6.26 Å². The van der Waals surface area contributed by atoms with Crippen LogP contribution in [-0.4, -0.2) is 52.1 Å². The Morgan fingerprint density at radius 3 is 2.03 bits per heavy atom. The number of ether oxygens (including phenoxy) is 2. The van der Waals surface area contributed by atoms with Gasteiger partial charge in [-0.05, 0) is 0 Å². The molecule has 1 heterocycles. The summed E-state index contributed by atoms with van der Waals surface area (Å²) in [6.07, 6.45) is 15.1.